The van der Waals surface area contributed by atoms with Crippen LogP contribution in [0.15, 0.2) is 10.7 Å². The van der Waals surface area contributed by atoms with Gasteiger partial charge in [0.15, 0.2) is 0 Å². The van der Waals surface area contributed by atoms with Gasteiger partial charge < -0.3 is 5.32 Å². The third-order valence-corrected chi connectivity index (χ3v) is 4.32. The molecule has 1 aliphatic carbocycles. The Labute approximate surface area is 112 Å². The van der Waals surface area contributed by atoms with Crippen molar-refractivity contribution >= 4 is 32.5 Å². The van der Waals surface area contributed by atoms with E-state index >= 15 is 0 Å². The molecule has 4 nitrogen and oxygen atoms in total. The number of hydrogen-bond acceptors (Lipinski definition) is 4. The Kier molecular flexibility index (Phi) is 4.50. The van der Waals surface area contributed by atoms with Crippen LogP contribution in [0, 0.1) is 0 Å². The highest BCUT2D eigenvalue weighted by Gasteiger charge is 2.27. The van der Waals surface area contributed by atoms with Gasteiger partial charge in [-0.15, -0.1) is 0 Å². The minimum atomic E-state index is -0.725. The second-order valence-corrected chi connectivity index (χ2v) is 6.75. The molecule has 6 heteroatoms. The number of hydrogen-bond donors (Lipinski definition) is 1. The SMILES string of the molecule is CCS(=O)CCNc1cc(Br)nc(C2CC2)n1. The van der Waals surface area contributed by atoms with Crippen molar-refractivity contribution in [2.75, 3.05) is 23.4 Å². The van der Waals surface area contributed by atoms with E-state index in [0.717, 1.165) is 16.2 Å². The molecular formula is C11H16BrN3OS. The third kappa shape index (κ3) is 4.03. The Balaban J connectivity index is 1.93. The topological polar surface area (TPSA) is 54.9 Å². The maximum Gasteiger partial charge on any atom is 0.135 e. The van der Waals surface area contributed by atoms with Gasteiger partial charge in [-0.2, -0.15) is 0 Å². The fraction of sp³-hybridized carbons (Fsp3) is 0.636. The fourth-order valence-electron chi connectivity index (χ4n) is 1.49. The summed E-state index contributed by atoms with van der Waals surface area (Å²) in [6.07, 6.45) is 2.38. The van der Waals surface area contributed by atoms with Crippen LogP contribution in [0.5, 0.6) is 0 Å². The van der Waals surface area contributed by atoms with Crippen molar-refractivity contribution in [3.8, 4) is 0 Å². The number of rotatable bonds is 6. The molecule has 17 heavy (non-hydrogen) atoms. The standard InChI is InChI=1S/C11H16BrN3OS/c1-2-17(16)6-5-13-10-7-9(12)14-11(15-10)8-3-4-8/h7-8H,2-6H2,1H3,(H,13,14,15). The molecule has 0 aliphatic heterocycles. The first-order valence-electron chi connectivity index (χ1n) is 5.82. The maximum atomic E-state index is 11.3. The number of nitrogens with one attached hydrogen (secondary N) is 1. The van der Waals surface area contributed by atoms with Crippen molar-refractivity contribution in [2.45, 2.75) is 25.7 Å². The molecule has 0 spiro atoms. The van der Waals surface area contributed by atoms with Crippen LogP contribution < -0.4 is 5.32 Å². The molecule has 2 rings (SSSR count). The molecule has 1 aromatic heterocycles. The first kappa shape index (κ1) is 13.0. The van der Waals surface area contributed by atoms with Gasteiger partial charge in [-0.3, -0.25) is 4.21 Å². The summed E-state index contributed by atoms with van der Waals surface area (Å²) in [5.74, 6) is 3.65. The lowest BCUT2D eigenvalue weighted by atomic mass is 10.4. The predicted molar refractivity (Wildman–Crippen MR) is 73.7 cm³/mol. The molecule has 1 saturated carbocycles. The third-order valence-electron chi connectivity index (χ3n) is 2.61. The lowest BCUT2D eigenvalue weighted by Crippen LogP contribution is -2.13. The Hall–Kier alpha value is -0.490. The first-order valence-corrected chi connectivity index (χ1v) is 8.10. The molecule has 0 saturated heterocycles. The Morgan fingerprint density at radius 1 is 1.53 bits per heavy atom. The fourth-order valence-corrected chi connectivity index (χ4v) is 2.50. The zero-order valence-corrected chi connectivity index (χ0v) is 12.2. The maximum absolute atomic E-state index is 11.3. The Morgan fingerprint density at radius 2 is 2.29 bits per heavy atom. The number of halogens is 1. The van der Waals surface area contributed by atoms with E-state index in [1.165, 1.54) is 12.8 Å². The van der Waals surface area contributed by atoms with Gasteiger partial charge in [0.2, 0.25) is 0 Å². The molecule has 0 aromatic carbocycles. The van der Waals surface area contributed by atoms with Gasteiger partial charge in [0.05, 0.1) is 0 Å². The van der Waals surface area contributed by atoms with Gasteiger partial charge in [-0.05, 0) is 28.8 Å². The molecule has 1 fully saturated rings. The summed E-state index contributed by atoms with van der Waals surface area (Å²) in [4.78, 5) is 8.83. The summed E-state index contributed by atoms with van der Waals surface area (Å²) < 4.78 is 12.1. The second kappa shape index (κ2) is 5.91. The van der Waals surface area contributed by atoms with Gasteiger partial charge in [-0.25, -0.2) is 9.97 Å². The van der Waals surface area contributed by atoms with E-state index in [0.29, 0.717) is 24.0 Å². The average molecular weight is 318 g/mol. The normalized spacial score (nSPS) is 16.8. The lowest BCUT2D eigenvalue weighted by Gasteiger charge is -2.07. The van der Waals surface area contributed by atoms with Gasteiger partial charge in [0, 0.05) is 40.8 Å². The monoisotopic (exact) mass is 317 g/mol. The average Bonchev–Trinajstić information content (AvgIpc) is 3.12. The molecule has 0 bridgehead atoms. The van der Waals surface area contributed by atoms with Gasteiger partial charge in [-0.1, -0.05) is 6.92 Å². The summed E-state index contributed by atoms with van der Waals surface area (Å²) in [7, 11) is -0.725. The number of aromatic nitrogens is 2. The highest BCUT2D eigenvalue weighted by molar-refractivity contribution is 9.10. The first-order chi connectivity index (χ1) is 8.19. The molecule has 1 aromatic rings. The summed E-state index contributed by atoms with van der Waals surface area (Å²) in [6, 6.07) is 1.86. The van der Waals surface area contributed by atoms with E-state index < -0.39 is 10.8 Å². The summed E-state index contributed by atoms with van der Waals surface area (Å²) in [5.41, 5.74) is 0. The van der Waals surface area contributed by atoms with E-state index in [-0.39, 0.29) is 0 Å². The van der Waals surface area contributed by atoms with Crippen LogP contribution in [0.3, 0.4) is 0 Å². The van der Waals surface area contributed by atoms with Crippen molar-refractivity contribution in [3.05, 3.63) is 16.5 Å². The summed E-state index contributed by atoms with van der Waals surface area (Å²) in [6.45, 7) is 2.62. The molecule has 94 valence electrons. The Bertz CT molecular complexity index is 423. The molecule has 1 unspecified atom stereocenters. The predicted octanol–water partition coefficient (Wildman–Crippen LogP) is 2.30. The van der Waals surface area contributed by atoms with Crippen molar-refractivity contribution < 1.29 is 4.21 Å². The van der Waals surface area contributed by atoms with Crippen LogP contribution in [-0.2, 0) is 10.8 Å². The molecular weight excluding hydrogens is 302 g/mol. The molecule has 1 atom stereocenters. The van der Waals surface area contributed by atoms with Gasteiger partial charge in [0.25, 0.3) is 0 Å². The molecule has 0 radical (unpaired) electrons. The van der Waals surface area contributed by atoms with E-state index in [1.807, 2.05) is 13.0 Å². The van der Waals surface area contributed by atoms with Crippen LogP contribution in [-0.4, -0.2) is 32.2 Å². The van der Waals surface area contributed by atoms with E-state index in [1.54, 1.807) is 0 Å². The zero-order chi connectivity index (χ0) is 12.3. The molecule has 1 aliphatic rings. The zero-order valence-electron chi connectivity index (χ0n) is 9.78. The summed E-state index contributed by atoms with van der Waals surface area (Å²) in [5, 5.41) is 3.20. The van der Waals surface area contributed by atoms with Crippen molar-refractivity contribution in [1.82, 2.24) is 9.97 Å². The second-order valence-electron chi connectivity index (χ2n) is 4.07. The number of anilines is 1. The number of nitrogens with zero attached hydrogens (tertiary/aromatic N) is 2. The Morgan fingerprint density at radius 3 is 2.94 bits per heavy atom. The minimum Gasteiger partial charge on any atom is -0.369 e. The van der Waals surface area contributed by atoms with Gasteiger partial charge >= 0.3 is 0 Å². The van der Waals surface area contributed by atoms with Crippen LogP contribution in [0.4, 0.5) is 5.82 Å². The molecule has 1 heterocycles. The summed E-state index contributed by atoms with van der Waals surface area (Å²) >= 11 is 3.39. The highest BCUT2D eigenvalue weighted by Crippen LogP contribution is 2.38. The van der Waals surface area contributed by atoms with Crippen LogP contribution in [0.2, 0.25) is 0 Å². The quantitative estimate of drug-likeness (QED) is 0.818. The van der Waals surface area contributed by atoms with Crippen molar-refractivity contribution in [2.24, 2.45) is 0 Å². The van der Waals surface area contributed by atoms with E-state index in [9.17, 15) is 4.21 Å². The van der Waals surface area contributed by atoms with E-state index in [2.05, 4.69) is 31.2 Å². The molecule has 1 N–H and O–H groups in total. The minimum absolute atomic E-state index is 0.540. The van der Waals surface area contributed by atoms with E-state index in [4.69, 9.17) is 0 Å². The highest BCUT2D eigenvalue weighted by atomic mass is 79.9. The smallest absolute Gasteiger partial charge is 0.135 e. The van der Waals surface area contributed by atoms with Crippen molar-refractivity contribution in [3.63, 3.8) is 0 Å². The van der Waals surface area contributed by atoms with Crippen LogP contribution in [0.25, 0.3) is 0 Å². The van der Waals surface area contributed by atoms with Crippen LogP contribution in [0.1, 0.15) is 31.5 Å². The molecule has 0 amide bonds. The van der Waals surface area contributed by atoms with Gasteiger partial charge in [0.1, 0.15) is 16.2 Å². The largest absolute Gasteiger partial charge is 0.369 e. The lowest BCUT2D eigenvalue weighted by molar-refractivity contribution is 0.684. The van der Waals surface area contributed by atoms with Crippen LogP contribution >= 0.6 is 15.9 Å². The van der Waals surface area contributed by atoms with Crippen molar-refractivity contribution in [1.29, 1.82) is 0 Å².